The number of nitrogens with one attached hydrogen (secondary N) is 1. The van der Waals surface area contributed by atoms with Gasteiger partial charge in [0.25, 0.3) is 0 Å². The molecule has 2 aromatic carbocycles. The topological polar surface area (TPSA) is 115 Å². The van der Waals surface area contributed by atoms with Gasteiger partial charge in [0.05, 0.1) is 28.6 Å². The van der Waals surface area contributed by atoms with Gasteiger partial charge in [0.15, 0.2) is 0 Å². The fourth-order valence-corrected chi connectivity index (χ4v) is 2.95. The smallest absolute Gasteiger partial charge is 0.0922 e. The Kier molecular flexibility index (Phi) is 7.13. The van der Waals surface area contributed by atoms with Crippen LogP contribution in [0.15, 0.2) is 79.4 Å². The van der Waals surface area contributed by atoms with Crippen molar-refractivity contribution in [3.05, 3.63) is 90.6 Å². The second kappa shape index (κ2) is 10.2. The number of thiol groups is 1. The summed E-state index contributed by atoms with van der Waals surface area (Å²) in [6.45, 7) is 0. The van der Waals surface area contributed by atoms with Crippen molar-refractivity contribution in [2.24, 2.45) is 5.73 Å². The second-order valence-electron chi connectivity index (χ2n) is 6.38. The van der Waals surface area contributed by atoms with E-state index in [9.17, 15) is 0 Å². The fourth-order valence-electron chi connectivity index (χ4n) is 2.74. The molecule has 2 heterocycles. The molecule has 0 saturated heterocycles. The molecule has 0 amide bonds. The Labute approximate surface area is 180 Å². The molecular formula is C23H22N6S. The molecule has 0 unspecified atom stereocenters. The first kappa shape index (κ1) is 21.0. The van der Waals surface area contributed by atoms with Crippen LogP contribution in [0.3, 0.4) is 0 Å². The maximum atomic E-state index is 7.34. The molecule has 4 aromatic rings. The number of benzene rings is 2. The minimum Gasteiger partial charge on any atom is -0.404 e. The summed E-state index contributed by atoms with van der Waals surface area (Å²) < 4.78 is 0. The molecule has 0 aliphatic rings. The summed E-state index contributed by atoms with van der Waals surface area (Å²) in [4.78, 5) is 13.0. The molecule has 0 atom stereocenters. The molecule has 0 saturated carbocycles. The van der Waals surface area contributed by atoms with E-state index < -0.39 is 0 Å². The number of pyridine rings is 1. The Balaban J connectivity index is 0.000000269. The molecule has 0 fully saturated rings. The van der Waals surface area contributed by atoms with Gasteiger partial charge < -0.3 is 16.9 Å². The number of hydrogen-bond acceptors (Lipinski definition) is 7. The van der Waals surface area contributed by atoms with Gasteiger partial charge in [0.2, 0.25) is 0 Å². The number of rotatable bonds is 4. The number of anilines is 1. The molecule has 6 nitrogen and oxygen atoms in total. The molecule has 0 aliphatic heterocycles. The lowest BCUT2D eigenvalue weighted by Crippen LogP contribution is -1.96. The SMILES string of the molecule is N=C/C(=C\N)c1cnc2ccc(-c3cncc(N)c3)cc2n1.SCc1ccccc1. The summed E-state index contributed by atoms with van der Waals surface area (Å²) in [5.74, 6) is 0.834. The Morgan fingerprint density at radius 3 is 2.40 bits per heavy atom. The summed E-state index contributed by atoms with van der Waals surface area (Å²) in [6, 6.07) is 17.8. The van der Waals surface area contributed by atoms with Crippen LogP contribution in [0.1, 0.15) is 11.3 Å². The van der Waals surface area contributed by atoms with Crippen LogP contribution in [0.4, 0.5) is 5.69 Å². The third-order valence-electron chi connectivity index (χ3n) is 4.29. The van der Waals surface area contributed by atoms with Crippen LogP contribution in [-0.4, -0.2) is 21.2 Å². The molecule has 7 heteroatoms. The van der Waals surface area contributed by atoms with Crippen molar-refractivity contribution >= 4 is 41.1 Å². The highest BCUT2D eigenvalue weighted by atomic mass is 32.1. The van der Waals surface area contributed by atoms with E-state index >= 15 is 0 Å². The first-order valence-electron chi connectivity index (χ1n) is 9.20. The predicted molar refractivity (Wildman–Crippen MR) is 127 cm³/mol. The Morgan fingerprint density at radius 1 is 0.967 bits per heavy atom. The first-order chi connectivity index (χ1) is 14.6. The minimum atomic E-state index is 0.519. The van der Waals surface area contributed by atoms with Crippen LogP contribution in [0.25, 0.3) is 27.7 Å². The Bertz CT molecular complexity index is 1170. The molecular weight excluding hydrogens is 392 g/mol. The van der Waals surface area contributed by atoms with Gasteiger partial charge in [-0.15, -0.1) is 0 Å². The minimum absolute atomic E-state index is 0.519. The summed E-state index contributed by atoms with van der Waals surface area (Å²) in [5.41, 5.74) is 17.6. The number of nitrogens with zero attached hydrogens (tertiary/aromatic N) is 3. The van der Waals surface area contributed by atoms with E-state index in [0.717, 1.165) is 34.1 Å². The van der Waals surface area contributed by atoms with Crippen LogP contribution >= 0.6 is 12.6 Å². The largest absolute Gasteiger partial charge is 0.404 e. The highest BCUT2D eigenvalue weighted by Crippen LogP contribution is 2.24. The first-order valence-corrected chi connectivity index (χ1v) is 9.83. The second-order valence-corrected chi connectivity index (χ2v) is 6.69. The zero-order valence-electron chi connectivity index (χ0n) is 16.2. The molecule has 150 valence electrons. The Morgan fingerprint density at radius 2 is 1.77 bits per heavy atom. The van der Waals surface area contributed by atoms with Gasteiger partial charge in [0.1, 0.15) is 0 Å². The van der Waals surface area contributed by atoms with Gasteiger partial charge >= 0.3 is 0 Å². The van der Waals surface area contributed by atoms with Gasteiger partial charge in [-0.2, -0.15) is 12.6 Å². The van der Waals surface area contributed by atoms with Crippen molar-refractivity contribution in [2.45, 2.75) is 5.75 Å². The highest BCUT2D eigenvalue weighted by molar-refractivity contribution is 7.79. The van der Waals surface area contributed by atoms with E-state index in [2.05, 4.69) is 39.7 Å². The summed E-state index contributed by atoms with van der Waals surface area (Å²) in [6.07, 6.45) is 7.45. The Hall–Kier alpha value is -3.71. The number of hydrogen-bond donors (Lipinski definition) is 4. The third-order valence-corrected chi connectivity index (χ3v) is 4.66. The molecule has 0 aliphatic carbocycles. The molecule has 2 aromatic heterocycles. The van der Waals surface area contributed by atoms with E-state index in [1.807, 2.05) is 42.5 Å². The number of allylic oxidation sites excluding steroid dienone is 1. The number of nitrogens with two attached hydrogens (primary N) is 2. The van der Waals surface area contributed by atoms with Crippen molar-refractivity contribution in [3.8, 4) is 11.1 Å². The average molecular weight is 415 g/mol. The van der Waals surface area contributed by atoms with E-state index in [1.165, 1.54) is 11.8 Å². The van der Waals surface area contributed by atoms with Crippen molar-refractivity contribution < 1.29 is 0 Å². The van der Waals surface area contributed by atoms with Crippen LogP contribution in [0.2, 0.25) is 0 Å². The highest BCUT2D eigenvalue weighted by Gasteiger charge is 2.06. The van der Waals surface area contributed by atoms with E-state index in [4.69, 9.17) is 16.9 Å². The molecule has 4 rings (SSSR count). The van der Waals surface area contributed by atoms with Crippen LogP contribution < -0.4 is 11.5 Å². The van der Waals surface area contributed by atoms with Crippen LogP contribution in [0, 0.1) is 5.41 Å². The lowest BCUT2D eigenvalue weighted by molar-refractivity contribution is 1.25. The average Bonchev–Trinajstić information content (AvgIpc) is 2.80. The van der Waals surface area contributed by atoms with Gasteiger partial charge in [-0.25, -0.2) is 4.98 Å². The lowest BCUT2D eigenvalue weighted by atomic mass is 10.1. The summed E-state index contributed by atoms with van der Waals surface area (Å²) >= 11 is 4.11. The molecule has 30 heavy (non-hydrogen) atoms. The third kappa shape index (κ3) is 5.21. The van der Waals surface area contributed by atoms with Crippen LogP contribution in [-0.2, 0) is 5.75 Å². The molecule has 0 radical (unpaired) electrons. The van der Waals surface area contributed by atoms with Crippen molar-refractivity contribution in [3.63, 3.8) is 0 Å². The number of aromatic nitrogens is 3. The van der Waals surface area contributed by atoms with Gasteiger partial charge in [-0.05, 0) is 29.3 Å². The fraction of sp³-hybridized carbons (Fsp3) is 0.0435. The predicted octanol–water partition coefficient (Wildman–Crippen LogP) is 4.34. The summed E-state index contributed by atoms with van der Waals surface area (Å²) in [5, 5.41) is 7.34. The van der Waals surface area contributed by atoms with Crippen molar-refractivity contribution in [1.82, 2.24) is 15.0 Å². The zero-order chi connectivity index (χ0) is 21.3. The molecule has 5 N–H and O–H groups in total. The summed E-state index contributed by atoms with van der Waals surface area (Å²) in [7, 11) is 0. The maximum absolute atomic E-state index is 7.34. The zero-order valence-corrected chi connectivity index (χ0v) is 17.1. The molecule has 0 bridgehead atoms. The quantitative estimate of drug-likeness (QED) is 0.293. The normalized spacial score (nSPS) is 10.9. The monoisotopic (exact) mass is 414 g/mol. The van der Waals surface area contributed by atoms with E-state index in [0.29, 0.717) is 17.0 Å². The number of fused-ring (bicyclic) bond motifs is 1. The van der Waals surface area contributed by atoms with E-state index in [1.54, 1.807) is 18.6 Å². The van der Waals surface area contributed by atoms with Crippen molar-refractivity contribution in [2.75, 3.05) is 5.73 Å². The van der Waals surface area contributed by atoms with Gasteiger partial charge in [-0.1, -0.05) is 36.4 Å². The van der Waals surface area contributed by atoms with Gasteiger partial charge in [-0.3, -0.25) is 9.97 Å². The van der Waals surface area contributed by atoms with Gasteiger partial charge in [0, 0.05) is 41.7 Å². The number of nitrogen functional groups attached to an aromatic ring is 1. The van der Waals surface area contributed by atoms with E-state index in [-0.39, 0.29) is 0 Å². The standard InChI is InChI=1S/C16H14N6.C7H8S/c17-5-12(6-18)16-9-21-14-2-1-10(4-15(14)22-16)11-3-13(19)8-20-7-11;8-6-7-4-2-1-3-5-7/h1-9,17H,18-19H2;1-5,8H,6H2/b12-6+,17-5?;. The van der Waals surface area contributed by atoms with Crippen LogP contribution in [0.5, 0.6) is 0 Å². The maximum Gasteiger partial charge on any atom is 0.0922 e. The lowest BCUT2D eigenvalue weighted by Gasteiger charge is -2.06. The van der Waals surface area contributed by atoms with Crippen molar-refractivity contribution in [1.29, 1.82) is 5.41 Å². The molecule has 0 spiro atoms.